The largest absolute Gasteiger partial charge is 0.419 e. The van der Waals surface area contributed by atoms with Crippen molar-refractivity contribution in [1.29, 1.82) is 0 Å². The summed E-state index contributed by atoms with van der Waals surface area (Å²) in [5.74, 6) is -0.323. The molecule has 0 spiro atoms. The van der Waals surface area contributed by atoms with Gasteiger partial charge in [-0.05, 0) is 31.5 Å². The van der Waals surface area contributed by atoms with Crippen molar-refractivity contribution < 1.29 is 4.42 Å². The number of oxazole rings is 1. The van der Waals surface area contributed by atoms with Crippen LogP contribution in [0.5, 0.6) is 0 Å². The topological polar surface area (TPSA) is 47.2 Å². The van der Waals surface area contributed by atoms with E-state index in [1.807, 2.05) is 18.2 Å². The summed E-state index contributed by atoms with van der Waals surface area (Å²) in [6.45, 7) is 4.25. The molecule has 1 aromatic heterocycles. The van der Waals surface area contributed by atoms with E-state index < -0.39 is 0 Å². The van der Waals surface area contributed by atoms with Crippen LogP contribution in [0.25, 0.3) is 11.1 Å². The summed E-state index contributed by atoms with van der Waals surface area (Å²) in [7, 11) is 1.71. The van der Waals surface area contributed by atoms with Crippen molar-refractivity contribution in [3.05, 3.63) is 28.7 Å². The molecule has 16 heavy (non-hydrogen) atoms. The molecule has 0 fully saturated rings. The van der Waals surface area contributed by atoms with Crippen molar-refractivity contribution in [2.75, 3.05) is 5.32 Å². The SMILES string of the molecule is CCC(C)Nc1ccc2oc(=O)n(C)c2c1. The Balaban J connectivity index is 2.43. The predicted molar refractivity (Wildman–Crippen MR) is 64.8 cm³/mol. The number of hydrogen-bond donors (Lipinski definition) is 1. The Bertz CT molecular complexity index is 554. The van der Waals surface area contributed by atoms with E-state index in [2.05, 4.69) is 19.2 Å². The zero-order valence-corrected chi connectivity index (χ0v) is 9.78. The Hall–Kier alpha value is -1.71. The van der Waals surface area contributed by atoms with Crippen molar-refractivity contribution in [1.82, 2.24) is 4.57 Å². The van der Waals surface area contributed by atoms with E-state index >= 15 is 0 Å². The molecule has 2 rings (SSSR count). The molecule has 4 heteroatoms. The third-order valence-electron chi connectivity index (χ3n) is 2.82. The van der Waals surface area contributed by atoms with E-state index in [4.69, 9.17) is 4.42 Å². The van der Waals surface area contributed by atoms with Gasteiger partial charge in [0.25, 0.3) is 0 Å². The lowest BCUT2D eigenvalue weighted by Gasteiger charge is -2.12. The highest BCUT2D eigenvalue weighted by molar-refractivity contribution is 5.77. The number of hydrogen-bond acceptors (Lipinski definition) is 3. The van der Waals surface area contributed by atoms with Gasteiger partial charge in [-0.1, -0.05) is 6.92 Å². The minimum atomic E-state index is -0.323. The first-order valence-corrected chi connectivity index (χ1v) is 5.48. The lowest BCUT2D eigenvalue weighted by molar-refractivity contribution is 0.528. The fourth-order valence-corrected chi connectivity index (χ4v) is 1.60. The van der Waals surface area contributed by atoms with E-state index in [9.17, 15) is 4.79 Å². The first kappa shape index (κ1) is 10.8. The molecule has 1 aromatic carbocycles. The summed E-state index contributed by atoms with van der Waals surface area (Å²) in [5.41, 5.74) is 2.46. The molecule has 86 valence electrons. The number of rotatable bonds is 3. The van der Waals surface area contributed by atoms with Crippen molar-refractivity contribution in [2.45, 2.75) is 26.3 Å². The third kappa shape index (κ3) is 1.83. The molecule has 0 saturated carbocycles. The minimum Gasteiger partial charge on any atom is -0.408 e. The molecule has 0 aliphatic rings. The highest BCUT2D eigenvalue weighted by atomic mass is 16.4. The monoisotopic (exact) mass is 220 g/mol. The fourth-order valence-electron chi connectivity index (χ4n) is 1.60. The zero-order valence-electron chi connectivity index (χ0n) is 9.78. The number of aryl methyl sites for hydroxylation is 1. The molecule has 1 N–H and O–H groups in total. The van der Waals surface area contributed by atoms with Crippen LogP contribution < -0.4 is 11.1 Å². The molecule has 0 bridgehead atoms. The van der Waals surface area contributed by atoms with Crippen LogP contribution in [0.2, 0.25) is 0 Å². The van der Waals surface area contributed by atoms with Crippen LogP contribution in [0.15, 0.2) is 27.4 Å². The lowest BCUT2D eigenvalue weighted by atomic mass is 10.2. The van der Waals surface area contributed by atoms with Crippen LogP contribution in [-0.4, -0.2) is 10.6 Å². The predicted octanol–water partition coefficient (Wildman–Crippen LogP) is 2.34. The maximum absolute atomic E-state index is 11.3. The highest BCUT2D eigenvalue weighted by Crippen LogP contribution is 2.18. The van der Waals surface area contributed by atoms with E-state index in [-0.39, 0.29) is 5.76 Å². The molecule has 2 aromatic rings. The first-order chi connectivity index (χ1) is 7.61. The first-order valence-electron chi connectivity index (χ1n) is 5.48. The number of fused-ring (bicyclic) bond motifs is 1. The number of anilines is 1. The Morgan fingerprint density at radius 3 is 2.94 bits per heavy atom. The second kappa shape index (κ2) is 4.04. The summed E-state index contributed by atoms with van der Waals surface area (Å²) in [4.78, 5) is 11.3. The third-order valence-corrected chi connectivity index (χ3v) is 2.82. The molecule has 1 heterocycles. The van der Waals surface area contributed by atoms with E-state index in [0.717, 1.165) is 17.6 Å². The number of aromatic nitrogens is 1. The van der Waals surface area contributed by atoms with Crippen LogP contribution >= 0.6 is 0 Å². The second-order valence-corrected chi connectivity index (χ2v) is 4.06. The molecule has 0 amide bonds. The van der Waals surface area contributed by atoms with Crippen LogP contribution in [0.3, 0.4) is 0 Å². The van der Waals surface area contributed by atoms with Gasteiger partial charge >= 0.3 is 5.76 Å². The van der Waals surface area contributed by atoms with Gasteiger partial charge < -0.3 is 9.73 Å². The average Bonchev–Trinajstić information content (AvgIpc) is 2.55. The number of nitrogens with one attached hydrogen (secondary N) is 1. The molecule has 0 aliphatic heterocycles. The lowest BCUT2D eigenvalue weighted by Crippen LogP contribution is -2.13. The van der Waals surface area contributed by atoms with Gasteiger partial charge in [-0.25, -0.2) is 4.79 Å². The second-order valence-electron chi connectivity index (χ2n) is 4.06. The zero-order chi connectivity index (χ0) is 11.7. The molecular formula is C12H16N2O2. The Labute approximate surface area is 93.9 Å². The summed E-state index contributed by atoms with van der Waals surface area (Å²) in [6, 6.07) is 6.10. The Morgan fingerprint density at radius 1 is 1.50 bits per heavy atom. The molecule has 1 unspecified atom stereocenters. The molecule has 4 nitrogen and oxygen atoms in total. The van der Waals surface area contributed by atoms with Gasteiger partial charge in [-0.15, -0.1) is 0 Å². The molecule has 0 aliphatic carbocycles. The van der Waals surface area contributed by atoms with Crippen molar-refractivity contribution in [2.24, 2.45) is 7.05 Å². The van der Waals surface area contributed by atoms with Gasteiger partial charge in [0.15, 0.2) is 5.58 Å². The Kier molecular flexibility index (Phi) is 2.73. The van der Waals surface area contributed by atoms with E-state index in [0.29, 0.717) is 11.6 Å². The standard InChI is InChI=1S/C12H16N2O2/c1-4-8(2)13-9-5-6-11-10(7-9)14(3)12(15)16-11/h5-8,13H,4H2,1-3H3. The molecule has 0 saturated heterocycles. The van der Waals surface area contributed by atoms with Crippen LogP contribution in [0.4, 0.5) is 5.69 Å². The highest BCUT2D eigenvalue weighted by Gasteiger charge is 2.07. The molecular weight excluding hydrogens is 204 g/mol. The van der Waals surface area contributed by atoms with Crippen LogP contribution in [-0.2, 0) is 7.05 Å². The van der Waals surface area contributed by atoms with Gasteiger partial charge in [0, 0.05) is 18.8 Å². The minimum absolute atomic E-state index is 0.323. The van der Waals surface area contributed by atoms with E-state index in [1.54, 1.807) is 7.05 Å². The van der Waals surface area contributed by atoms with Crippen LogP contribution in [0, 0.1) is 0 Å². The molecule has 0 radical (unpaired) electrons. The maximum Gasteiger partial charge on any atom is 0.419 e. The summed E-state index contributed by atoms with van der Waals surface area (Å²) in [6.07, 6.45) is 1.06. The average molecular weight is 220 g/mol. The quantitative estimate of drug-likeness (QED) is 0.863. The van der Waals surface area contributed by atoms with Crippen molar-refractivity contribution >= 4 is 16.8 Å². The fraction of sp³-hybridized carbons (Fsp3) is 0.417. The van der Waals surface area contributed by atoms with Crippen molar-refractivity contribution in [3.63, 3.8) is 0 Å². The van der Waals surface area contributed by atoms with Crippen LogP contribution in [0.1, 0.15) is 20.3 Å². The summed E-state index contributed by atoms with van der Waals surface area (Å²) in [5, 5.41) is 3.36. The van der Waals surface area contributed by atoms with Gasteiger partial charge in [-0.3, -0.25) is 4.57 Å². The van der Waals surface area contributed by atoms with Gasteiger partial charge in [-0.2, -0.15) is 0 Å². The summed E-state index contributed by atoms with van der Waals surface area (Å²) >= 11 is 0. The van der Waals surface area contributed by atoms with Gasteiger partial charge in [0.1, 0.15) is 0 Å². The smallest absolute Gasteiger partial charge is 0.408 e. The Morgan fingerprint density at radius 2 is 2.25 bits per heavy atom. The number of nitrogens with zero attached hydrogens (tertiary/aromatic N) is 1. The molecule has 1 atom stereocenters. The maximum atomic E-state index is 11.3. The van der Waals surface area contributed by atoms with E-state index in [1.165, 1.54) is 4.57 Å². The van der Waals surface area contributed by atoms with Crippen molar-refractivity contribution in [3.8, 4) is 0 Å². The number of benzene rings is 1. The van der Waals surface area contributed by atoms with Gasteiger partial charge in [0.05, 0.1) is 5.52 Å². The normalized spacial score (nSPS) is 12.9. The van der Waals surface area contributed by atoms with Gasteiger partial charge in [0.2, 0.25) is 0 Å². The summed E-state index contributed by atoms with van der Waals surface area (Å²) < 4.78 is 6.58.